The summed E-state index contributed by atoms with van der Waals surface area (Å²) >= 11 is 0. The minimum atomic E-state index is -0.286. The molecule has 32 heavy (non-hydrogen) atoms. The van der Waals surface area contributed by atoms with Crippen molar-refractivity contribution in [1.29, 1.82) is 0 Å². The van der Waals surface area contributed by atoms with E-state index >= 15 is 0 Å². The molecular weight excluding hydrogens is 406 g/mol. The highest BCUT2D eigenvalue weighted by Gasteiger charge is 2.28. The average molecular weight is 436 g/mol. The number of aromatic nitrogens is 3. The van der Waals surface area contributed by atoms with Gasteiger partial charge in [-0.2, -0.15) is 5.10 Å². The number of benzene rings is 1. The number of nitrogens with zero attached hydrogens (tertiary/aromatic N) is 5. The van der Waals surface area contributed by atoms with E-state index in [0.717, 1.165) is 23.5 Å². The van der Waals surface area contributed by atoms with E-state index in [1.807, 2.05) is 79.6 Å². The van der Waals surface area contributed by atoms with Crippen molar-refractivity contribution >= 4 is 5.91 Å². The molecule has 0 N–H and O–H groups in total. The topological polar surface area (TPSA) is 72.7 Å². The van der Waals surface area contributed by atoms with Gasteiger partial charge in [-0.25, -0.2) is 4.98 Å². The van der Waals surface area contributed by atoms with Crippen LogP contribution in [-0.4, -0.2) is 77.4 Å². The number of morpholine rings is 1. The molecule has 2 aromatic heterocycles. The maximum atomic E-state index is 13.3. The Morgan fingerprint density at radius 3 is 2.84 bits per heavy atom. The molecule has 1 aromatic carbocycles. The maximum absolute atomic E-state index is 13.3. The fourth-order valence-corrected chi connectivity index (χ4v) is 3.64. The van der Waals surface area contributed by atoms with Gasteiger partial charge in [-0.1, -0.05) is 18.2 Å². The van der Waals surface area contributed by atoms with Crippen LogP contribution in [0.25, 0.3) is 11.3 Å². The molecule has 1 atom stereocenters. The van der Waals surface area contributed by atoms with E-state index in [1.54, 1.807) is 10.9 Å². The van der Waals surface area contributed by atoms with Crippen molar-refractivity contribution in [2.24, 2.45) is 7.05 Å². The van der Waals surface area contributed by atoms with Gasteiger partial charge >= 0.3 is 0 Å². The monoisotopic (exact) mass is 435 g/mol. The summed E-state index contributed by atoms with van der Waals surface area (Å²) in [6.07, 6.45) is 3.43. The van der Waals surface area contributed by atoms with E-state index in [-0.39, 0.29) is 12.0 Å². The molecule has 1 saturated heterocycles. The van der Waals surface area contributed by atoms with Crippen LogP contribution in [0.2, 0.25) is 0 Å². The van der Waals surface area contributed by atoms with Gasteiger partial charge in [-0.3, -0.25) is 9.48 Å². The number of aryl methyl sites for hydroxylation is 1. The first-order valence-electron chi connectivity index (χ1n) is 10.7. The van der Waals surface area contributed by atoms with Gasteiger partial charge in [0.1, 0.15) is 18.5 Å². The predicted molar refractivity (Wildman–Crippen MR) is 122 cm³/mol. The third-order valence-corrected chi connectivity index (χ3v) is 5.37. The summed E-state index contributed by atoms with van der Waals surface area (Å²) in [6.45, 7) is 2.73. The molecule has 4 rings (SSSR count). The number of rotatable bonds is 7. The largest absolute Gasteiger partial charge is 0.491 e. The predicted octanol–water partition coefficient (Wildman–Crippen LogP) is 2.64. The number of pyridine rings is 1. The van der Waals surface area contributed by atoms with E-state index in [9.17, 15) is 4.79 Å². The van der Waals surface area contributed by atoms with Crippen LogP contribution in [0.4, 0.5) is 0 Å². The van der Waals surface area contributed by atoms with Crippen LogP contribution in [0.5, 0.6) is 5.75 Å². The van der Waals surface area contributed by atoms with E-state index in [2.05, 4.69) is 5.10 Å². The van der Waals surface area contributed by atoms with Crippen LogP contribution in [0.15, 0.2) is 54.9 Å². The summed E-state index contributed by atoms with van der Waals surface area (Å²) in [7, 11) is 5.86. The standard InChI is InChI=1S/C24H29N5O3/c1-27(2)11-13-31-22-10-5-4-7-19(22)24(30)29-12-14-32-23(17-29)21-9-6-8-20(26-21)18-15-25-28(3)16-18/h4-10,15-16,23H,11-14,17H2,1-3H3/t23-/m0/s1. The van der Waals surface area contributed by atoms with Crippen molar-refractivity contribution in [3.05, 3.63) is 66.1 Å². The number of ether oxygens (including phenoxy) is 2. The summed E-state index contributed by atoms with van der Waals surface area (Å²) in [5.41, 5.74) is 3.16. The van der Waals surface area contributed by atoms with Gasteiger partial charge in [-0.15, -0.1) is 0 Å². The van der Waals surface area contributed by atoms with Gasteiger partial charge in [0.15, 0.2) is 0 Å². The number of amides is 1. The Kier molecular flexibility index (Phi) is 6.82. The van der Waals surface area contributed by atoms with Crippen molar-refractivity contribution in [2.75, 3.05) is 46.9 Å². The quantitative estimate of drug-likeness (QED) is 0.568. The molecule has 0 aliphatic carbocycles. The molecule has 1 aliphatic heterocycles. The maximum Gasteiger partial charge on any atom is 0.257 e. The highest BCUT2D eigenvalue weighted by molar-refractivity contribution is 5.97. The second-order valence-corrected chi connectivity index (χ2v) is 8.11. The zero-order valence-corrected chi connectivity index (χ0v) is 18.8. The Morgan fingerprint density at radius 1 is 1.22 bits per heavy atom. The van der Waals surface area contributed by atoms with Crippen LogP contribution >= 0.6 is 0 Å². The highest BCUT2D eigenvalue weighted by atomic mass is 16.5. The first kappa shape index (κ1) is 22.0. The first-order valence-corrected chi connectivity index (χ1v) is 10.7. The lowest BCUT2D eigenvalue weighted by molar-refractivity contribution is -0.0247. The number of carbonyl (C=O) groups is 1. The van der Waals surface area contributed by atoms with Crippen molar-refractivity contribution in [3.63, 3.8) is 0 Å². The van der Waals surface area contributed by atoms with Gasteiger partial charge < -0.3 is 19.3 Å². The second kappa shape index (κ2) is 9.93. The minimum Gasteiger partial charge on any atom is -0.491 e. The summed E-state index contributed by atoms with van der Waals surface area (Å²) in [6, 6.07) is 13.3. The smallest absolute Gasteiger partial charge is 0.257 e. The molecule has 1 aliphatic rings. The van der Waals surface area contributed by atoms with Gasteiger partial charge in [0.2, 0.25) is 0 Å². The lowest BCUT2D eigenvalue weighted by Gasteiger charge is -2.33. The molecule has 0 spiro atoms. The Hall–Kier alpha value is -3.23. The lowest BCUT2D eigenvalue weighted by Crippen LogP contribution is -2.42. The SMILES string of the molecule is CN(C)CCOc1ccccc1C(=O)N1CCO[C@H](c2cccc(-c3cnn(C)c3)n2)C1. The van der Waals surface area contributed by atoms with E-state index in [4.69, 9.17) is 14.5 Å². The molecule has 3 aromatic rings. The highest BCUT2D eigenvalue weighted by Crippen LogP contribution is 2.27. The molecule has 3 heterocycles. The molecule has 0 radical (unpaired) electrons. The molecule has 0 unspecified atom stereocenters. The second-order valence-electron chi connectivity index (χ2n) is 8.11. The van der Waals surface area contributed by atoms with Crippen molar-refractivity contribution in [3.8, 4) is 17.0 Å². The van der Waals surface area contributed by atoms with E-state index < -0.39 is 0 Å². The zero-order valence-electron chi connectivity index (χ0n) is 18.8. The molecule has 1 amide bonds. The van der Waals surface area contributed by atoms with Crippen molar-refractivity contribution in [1.82, 2.24) is 24.6 Å². The minimum absolute atomic E-state index is 0.0535. The third-order valence-electron chi connectivity index (χ3n) is 5.37. The first-order chi connectivity index (χ1) is 15.5. The number of hydrogen-bond acceptors (Lipinski definition) is 6. The van der Waals surface area contributed by atoms with Gasteiger partial charge in [0.05, 0.1) is 36.3 Å². The average Bonchev–Trinajstić information content (AvgIpc) is 3.25. The van der Waals surface area contributed by atoms with Crippen LogP contribution in [-0.2, 0) is 11.8 Å². The lowest BCUT2D eigenvalue weighted by atomic mass is 10.1. The molecule has 8 nitrogen and oxygen atoms in total. The van der Waals surface area contributed by atoms with E-state index in [1.165, 1.54) is 0 Å². The van der Waals surface area contributed by atoms with Crippen LogP contribution < -0.4 is 4.74 Å². The van der Waals surface area contributed by atoms with Gasteiger partial charge in [0.25, 0.3) is 5.91 Å². The normalized spacial score (nSPS) is 16.4. The Bertz CT molecular complexity index is 1070. The number of carbonyl (C=O) groups excluding carboxylic acids is 1. The Labute approximate surface area is 188 Å². The summed E-state index contributed by atoms with van der Waals surface area (Å²) in [4.78, 5) is 22.0. The molecular formula is C24H29N5O3. The van der Waals surface area contributed by atoms with Gasteiger partial charge in [-0.05, 0) is 38.4 Å². The molecule has 168 valence electrons. The fourth-order valence-electron chi connectivity index (χ4n) is 3.64. The molecule has 1 fully saturated rings. The fraction of sp³-hybridized carbons (Fsp3) is 0.375. The number of hydrogen-bond donors (Lipinski definition) is 0. The summed E-state index contributed by atoms with van der Waals surface area (Å²) in [5.74, 6) is 0.557. The van der Waals surface area contributed by atoms with Gasteiger partial charge in [0, 0.05) is 31.9 Å². The number of para-hydroxylation sites is 1. The Balaban J connectivity index is 1.48. The van der Waals surface area contributed by atoms with Crippen LogP contribution in [0.1, 0.15) is 22.2 Å². The van der Waals surface area contributed by atoms with E-state index in [0.29, 0.717) is 37.6 Å². The molecule has 0 bridgehead atoms. The van der Waals surface area contributed by atoms with Crippen molar-refractivity contribution in [2.45, 2.75) is 6.10 Å². The van der Waals surface area contributed by atoms with Crippen molar-refractivity contribution < 1.29 is 14.3 Å². The third kappa shape index (κ3) is 5.15. The zero-order chi connectivity index (χ0) is 22.5. The Morgan fingerprint density at radius 2 is 2.06 bits per heavy atom. The summed E-state index contributed by atoms with van der Waals surface area (Å²) < 4.78 is 13.6. The summed E-state index contributed by atoms with van der Waals surface area (Å²) in [5, 5.41) is 4.22. The molecule has 0 saturated carbocycles. The number of likely N-dealkylation sites (N-methyl/N-ethyl adjacent to an activating group) is 1. The van der Waals surface area contributed by atoms with Crippen LogP contribution in [0.3, 0.4) is 0 Å². The molecule has 8 heteroatoms. The van der Waals surface area contributed by atoms with Crippen LogP contribution in [0, 0.1) is 0 Å².